The highest BCUT2D eigenvalue weighted by Gasteiger charge is 2.16. The molecule has 0 aliphatic heterocycles. The average Bonchev–Trinajstić information content (AvgIpc) is 2.92. The number of ether oxygens (including phenoxy) is 2. The molecule has 38 heavy (non-hydrogen) atoms. The van der Waals surface area contributed by atoms with Gasteiger partial charge in [0.1, 0.15) is 11.6 Å². The third-order valence-corrected chi connectivity index (χ3v) is 6.40. The number of anilines is 1. The molecule has 0 aliphatic carbocycles. The Labute approximate surface area is 227 Å². The van der Waals surface area contributed by atoms with E-state index in [0.717, 1.165) is 10.9 Å². The fourth-order valence-electron chi connectivity index (χ4n) is 3.68. The molecule has 4 aromatic rings. The van der Waals surface area contributed by atoms with Crippen LogP contribution in [0.3, 0.4) is 0 Å². The second kappa shape index (κ2) is 12.0. The molecule has 1 N–H and O–H groups in total. The van der Waals surface area contributed by atoms with Crippen molar-refractivity contribution in [3.63, 3.8) is 0 Å². The number of amides is 1. The van der Waals surface area contributed by atoms with Gasteiger partial charge in [-0.1, -0.05) is 41.9 Å². The number of methoxy groups -OCH3 is 1. The molecule has 1 atom stereocenters. The Bertz CT molecular complexity index is 1570. The Kier molecular flexibility index (Phi) is 8.52. The molecule has 0 unspecified atom stereocenters. The largest absolute Gasteiger partial charge is 0.493 e. The predicted octanol–water partition coefficient (Wildman–Crippen LogP) is 5.72. The minimum Gasteiger partial charge on any atom is -0.493 e. The van der Waals surface area contributed by atoms with Crippen LogP contribution in [0.2, 0.25) is 0 Å². The Balaban J connectivity index is 1.56. The summed E-state index contributed by atoms with van der Waals surface area (Å²) in [5.41, 5.74) is 1.06. The lowest BCUT2D eigenvalue weighted by Crippen LogP contribution is -2.23. The summed E-state index contributed by atoms with van der Waals surface area (Å²) in [5, 5.41) is 7.39. The van der Waals surface area contributed by atoms with E-state index in [9.17, 15) is 14.0 Å². The number of para-hydroxylation sites is 1. The molecule has 3 aromatic carbocycles. The van der Waals surface area contributed by atoms with Gasteiger partial charge in [-0.15, -0.1) is 0 Å². The van der Waals surface area contributed by atoms with E-state index in [4.69, 9.17) is 14.5 Å². The molecule has 1 aromatic heterocycles. The van der Waals surface area contributed by atoms with Gasteiger partial charge < -0.3 is 14.8 Å². The standard InChI is InChI=1S/C28H26BrFN4O4/c1-4-17(2)27-33-22-11-10-19(29)14-20(22)28(36)34(27)31-15-18-9-12-24(25(13-18)37-3)38-16-26(35)32-23-8-6-5-7-21(23)30/h5-15,17H,4,16H2,1-3H3,(H,32,35)/t17-/m0/s1. The van der Waals surface area contributed by atoms with E-state index >= 15 is 0 Å². The highest BCUT2D eigenvalue weighted by molar-refractivity contribution is 9.10. The fraction of sp³-hybridized carbons (Fsp3) is 0.214. The SMILES string of the molecule is CC[C@H](C)c1nc2ccc(Br)cc2c(=O)n1N=Cc1ccc(OCC(=O)Nc2ccccc2F)c(OC)c1. The molecule has 0 radical (unpaired) electrons. The van der Waals surface area contributed by atoms with Gasteiger partial charge in [-0.2, -0.15) is 9.78 Å². The highest BCUT2D eigenvalue weighted by Crippen LogP contribution is 2.28. The number of nitrogens with zero attached hydrogens (tertiary/aromatic N) is 3. The summed E-state index contributed by atoms with van der Waals surface area (Å²) in [6.45, 7) is 3.68. The van der Waals surface area contributed by atoms with Crippen LogP contribution in [0.25, 0.3) is 10.9 Å². The lowest BCUT2D eigenvalue weighted by atomic mass is 10.1. The molecule has 0 saturated heterocycles. The quantitative estimate of drug-likeness (QED) is 0.255. The van der Waals surface area contributed by atoms with Gasteiger partial charge in [0.15, 0.2) is 18.1 Å². The lowest BCUT2D eigenvalue weighted by Gasteiger charge is -2.14. The zero-order valence-electron chi connectivity index (χ0n) is 21.1. The van der Waals surface area contributed by atoms with Crippen LogP contribution in [0.15, 0.2) is 75.0 Å². The first-order valence-corrected chi connectivity index (χ1v) is 12.7. The monoisotopic (exact) mass is 580 g/mol. The molecule has 1 amide bonds. The van der Waals surface area contributed by atoms with Crippen LogP contribution in [-0.2, 0) is 4.79 Å². The molecule has 10 heteroatoms. The lowest BCUT2D eigenvalue weighted by molar-refractivity contribution is -0.118. The van der Waals surface area contributed by atoms with E-state index in [1.54, 1.807) is 36.4 Å². The van der Waals surface area contributed by atoms with E-state index in [2.05, 4.69) is 26.3 Å². The summed E-state index contributed by atoms with van der Waals surface area (Å²) in [7, 11) is 1.47. The normalized spacial score (nSPS) is 12.0. The van der Waals surface area contributed by atoms with Gasteiger partial charge in [0.25, 0.3) is 11.5 Å². The summed E-state index contributed by atoms with van der Waals surface area (Å²) in [6.07, 6.45) is 2.32. The van der Waals surface area contributed by atoms with Crippen molar-refractivity contribution in [2.45, 2.75) is 26.2 Å². The molecule has 0 aliphatic rings. The Morgan fingerprint density at radius 2 is 1.97 bits per heavy atom. The summed E-state index contributed by atoms with van der Waals surface area (Å²) < 4.78 is 26.9. The topological polar surface area (TPSA) is 94.8 Å². The van der Waals surface area contributed by atoms with Crippen LogP contribution in [0.5, 0.6) is 11.5 Å². The van der Waals surface area contributed by atoms with Crippen LogP contribution in [0.4, 0.5) is 10.1 Å². The van der Waals surface area contributed by atoms with E-state index in [1.165, 1.54) is 36.2 Å². The third-order valence-electron chi connectivity index (χ3n) is 5.90. The van der Waals surface area contributed by atoms with Crippen LogP contribution < -0.4 is 20.3 Å². The molecule has 1 heterocycles. The third kappa shape index (κ3) is 6.08. The van der Waals surface area contributed by atoms with Crippen LogP contribution in [0.1, 0.15) is 37.6 Å². The zero-order valence-corrected chi connectivity index (χ0v) is 22.7. The number of nitrogens with one attached hydrogen (secondary N) is 1. The van der Waals surface area contributed by atoms with Crippen molar-refractivity contribution in [2.75, 3.05) is 19.0 Å². The second-order valence-corrected chi connectivity index (χ2v) is 9.44. The van der Waals surface area contributed by atoms with Gasteiger partial charge >= 0.3 is 0 Å². The predicted molar refractivity (Wildman–Crippen MR) is 149 cm³/mol. The molecule has 4 rings (SSSR count). The summed E-state index contributed by atoms with van der Waals surface area (Å²) in [5.74, 6) is 0.206. The van der Waals surface area contributed by atoms with Crippen LogP contribution in [-0.4, -0.2) is 35.5 Å². The molecule has 196 valence electrons. The van der Waals surface area contributed by atoms with Crippen molar-refractivity contribution < 1.29 is 18.7 Å². The van der Waals surface area contributed by atoms with E-state index < -0.39 is 11.7 Å². The van der Waals surface area contributed by atoms with Gasteiger partial charge in [-0.3, -0.25) is 9.59 Å². The molecule has 0 spiro atoms. The highest BCUT2D eigenvalue weighted by atomic mass is 79.9. The molecular formula is C28H26BrFN4O4. The second-order valence-electron chi connectivity index (χ2n) is 8.53. The van der Waals surface area contributed by atoms with Gasteiger partial charge in [-0.05, 0) is 60.5 Å². The van der Waals surface area contributed by atoms with Gasteiger partial charge in [-0.25, -0.2) is 9.37 Å². The Morgan fingerprint density at radius 3 is 2.71 bits per heavy atom. The molecule has 8 nitrogen and oxygen atoms in total. The minimum atomic E-state index is -0.535. The molecule has 0 bridgehead atoms. The first-order valence-electron chi connectivity index (χ1n) is 11.9. The number of benzene rings is 3. The number of rotatable bonds is 9. The van der Waals surface area contributed by atoms with Crippen molar-refractivity contribution >= 4 is 44.6 Å². The maximum Gasteiger partial charge on any atom is 0.282 e. The Hall–Kier alpha value is -4.05. The van der Waals surface area contributed by atoms with Crippen LogP contribution >= 0.6 is 15.9 Å². The Morgan fingerprint density at radius 1 is 1.18 bits per heavy atom. The fourth-order valence-corrected chi connectivity index (χ4v) is 4.04. The number of carbonyl (C=O) groups excluding carboxylic acids is 1. The summed E-state index contributed by atoms with van der Waals surface area (Å²) in [6, 6.07) is 16.3. The summed E-state index contributed by atoms with van der Waals surface area (Å²) >= 11 is 3.41. The van der Waals surface area contributed by atoms with E-state index in [1.807, 2.05) is 19.9 Å². The maximum atomic E-state index is 13.8. The smallest absolute Gasteiger partial charge is 0.282 e. The number of carbonyl (C=O) groups is 1. The maximum absolute atomic E-state index is 13.8. The minimum absolute atomic E-state index is 0.00807. The van der Waals surface area contributed by atoms with Gasteiger partial charge in [0.05, 0.1) is 29.9 Å². The van der Waals surface area contributed by atoms with Gasteiger partial charge in [0, 0.05) is 10.4 Å². The van der Waals surface area contributed by atoms with Crippen molar-refractivity contribution in [1.82, 2.24) is 9.66 Å². The molecule has 0 fully saturated rings. The van der Waals surface area contributed by atoms with Crippen LogP contribution in [0, 0.1) is 5.82 Å². The number of hydrogen-bond donors (Lipinski definition) is 1. The number of aromatic nitrogens is 2. The number of hydrogen-bond acceptors (Lipinski definition) is 6. The van der Waals surface area contributed by atoms with E-state index in [0.29, 0.717) is 33.8 Å². The van der Waals surface area contributed by atoms with Crippen molar-refractivity contribution in [3.05, 3.63) is 92.7 Å². The number of fused-ring (bicyclic) bond motifs is 1. The zero-order chi connectivity index (χ0) is 27.2. The number of halogens is 2. The molecular weight excluding hydrogens is 555 g/mol. The summed E-state index contributed by atoms with van der Waals surface area (Å²) in [4.78, 5) is 30.2. The first-order chi connectivity index (χ1) is 18.3. The molecule has 0 saturated carbocycles. The van der Waals surface area contributed by atoms with Gasteiger partial charge in [0.2, 0.25) is 0 Å². The van der Waals surface area contributed by atoms with Crippen molar-refractivity contribution in [1.29, 1.82) is 0 Å². The van der Waals surface area contributed by atoms with Crippen molar-refractivity contribution in [2.24, 2.45) is 5.10 Å². The van der Waals surface area contributed by atoms with Crippen molar-refractivity contribution in [3.8, 4) is 11.5 Å². The van der Waals surface area contributed by atoms with E-state index in [-0.39, 0.29) is 23.8 Å². The first kappa shape index (κ1) is 27.0. The average molecular weight is 581 g/mol.